The number of nitrogens with one attached hydrogen (secondary N) is 1. The monoisotopic (exact) mass is 492 g/mol. The Labute approximate surface area is 203 Å². The van der Waals surface area contributed by atoms with Gasteiger partial charge in [0.25, 0.3) is 11.5 Å². The van der Waals surface area contributed by atoms with Crippen molar-refractivity contribution in [1.82, 2.24) is 19.8 Å². The molecule has 11 nitrogen and oxygen atoms in total. The molecule has 35 heavy (non-hydrogen) atoms. The third kappa shape index (κ3) is 5.36. The summed E-state index contributed by atoms with van der Waals surface area (Å²) in [5.41, 5.74) is 0.598. The highest BCUT2D eigenvalue weighted by Gasteiger charge is 2.14. The number of ether oxygens (including phenoxy) is 2. The number of rotatable bonds is 8. The Kier molecular flexibility index (Phi) is 6.88. The number of benzene rings is 1. The van der Waals surface area contributed by atoms with Crippen molar-refractivity contribution in [1.29, 1.82) is 5.26 Å². The molecule has 0 unspecified atom stereocenters. The standard InChI is InChI=1S/C23H20N6O5S/c1-4-20-27-29-21(30)10-16(25-23(29)35-20)12-33-17-6-5-14(9-18(17)32-3)8-15(11-24)22(31)26-19-7-13(2)34-28-19/h5-10H,4,12H2,1-3H3,(H,26,28,31). The summed E-state index contributed by atoms with van der Waals surface area (Å²) in [5, 5.41) is 20.7. The van der Waals surface area contributed by atoms with E-state index in [2.05, 4.69) is 20.6 Å². The Morgan fingerprint density at radius 3 is 2.83 bits per heavy atom. The molecule has 1 aromatic carbocycles. The molecule has 0 atom stereocenters. The number of aryl methyl sites for hydroxylation is 2. The van der Waals surface area contributed by atoms with E-state index in [1.165, 1.54) is 35.1 Å². The van der Waals surface area contributed by atoms with Crippen LogP contribution in [-0.2, 0) is 17.8 Å². The average molecular weight is 493 g/mol. The minimum absolute atomic E-state index is 0.0413. The number of anilines is 1. The van der Waals surface area contributed by atoms with Crippen LogP contribution in [0.5, 0.6) is 11.5 Å². The van der Waals surface area contributed by atoms with Gasteiger partial charge in [-0.05, 0) is 37.1 Å². The highest BCUT2D eigenvalue weighted by atomic mass is 32.1. The zero-order valence-electron chi connectivity index (χ0n) is 19.1. The number of fused-ring (bicyclic) bond motifs is 1. The number of amides is 1. The maximum absolute atomic E-state index is 12.4. The quantitative estimate of drug-likeness (QED) is 0.290. The molecule has 178 valence electrons. The highest BCUT2D eigenvalue weighted by molar-refractivity contribution is 7.16. The first-order valence-corrected chi connectivity index (χ1v) is 11.3. The number of hydrogen-bond acceptors (Lipinski definition) is 10. The van der Waals surface area contributed by atoms with E-state index < -0.39 is 5.91 Å². The van der Waals surface area contributed by atoms with Crippen LogP contribution in [0.25, 0.3) is 11.0 Å². The van der Waals surface area contributed by atoms with Gasteiger partial charge < -0.3 is 19.3 Å². The van der Waals surface area contributed by atoms with Gasteiger partial charge in [-0.15, -0.1) is 0 Å². The zero-order chi connectivity index (χ0) is 24.9. The normalized spacial score (nSPS) is 11.3. The Bertz CT molecular complexity index is 1530. The molecule has 4 rings (SSSR count). The third-order valence-electron chi connectivity index (χ3n) is 4.75. The first-order valence-electron chi connectivity index (χ1n) is 10.5. The van der Waals surface area contributed by atoms with Crippen LogP contribution >= 0.6 is 11.3 Å². The molecule has 0 aliphatic heterocycles. The lowest BCUT2D eigenvalue weighted by Gasteiger charge is -2.11. The number of nitriles is 1. The molecule has 4 aromatic rings. The number of aromatic nitrogens is 4. The highest BCUT2D eigenvalue weighted by Crippen LogP contribution is 2.29. The number of hydrogen-bond donors (Lipinski definition) is 1. The summed E-state index contributed by atoms with van der Waals surface area (Å²) in [6, 6.07) is 9.74. The fourth-order valence-corrected chi connectivity index (χ4v) is 3.94. The minimum Gasteiger partial charge on any atom is -0.493 e. The van der Waals surface area contributed by atoms with Gasteiger partial charge in [0.1, 0.15) is 29.0 Å². The molecule has 1 amide bonds. The molecule has 0 bridgehead atoms. The molecule has 0 fully saturated rings. The first-order chi connectivity index (χ1) is 16.9. The smallest absolute Gasteiger partial charge is 0.275 e. The molecule has 3 aromatic heterocycles. The van der Waals surface area contributed by atoms with E-state index in [0.29, 0.717) is 39.9 Å². The Hall–Kier alpha value is -4.50. The summed E-state index contributed by atoms with van der Waals surface area (Å²) in [6.07, 6.45) is 2.13. The molecule has 1 N–H and O–H groups in total. The van der Waals surface area contributed by atoms with Crippen molar-refractivity contribution < 1.29 is 18.8 Å². The lowest BCUT2D eigenvalue weighted by molar-refractivity contribution is -0.112. The predicted octanol–water partition coefficient (Wildman–Crippen LogP) is 3.14. The number of nitrogens with zero attached hydrogens (tertiary/aromatic N) is 5. The van der Waals surface area contributed by atoms with E-state index >= 15 is 0 Å². The lowest BCUT2D eigenvalue weighted by atomic mass is 10.1. The molecule has 0 spiro atoms. The van der Waals surface area contributed by atoms with Gasteiger partial charge in [0.15, 0.2) is 17.3 Å². The SMILES string of the molecule is CCc1nn2c(=O)cc(COc3ccc(C=C(C#N)C(=O)Nc4cc(C)on4)cc3OC)nc2s1. The van der Waals surface area contributed by atoms with Crippen LogP contribution in [0, 0.1) is 18.3 Å². The van der Waals surface area contributed by atoms with Gasteiger partial charge in [0.2, 0.25) is 4.96 Å². The Morgan fingerprint density at radius 2 is 2.14 bits per heavy atom. The van der Waals surface area contributed by atoms with E-state index in [-0.39, 0.29) is 23.6 Å². The van der Waals surface area contributed by atoms with E-state index in [1.807, 2.05) is 13.0 Å². The van der Waals surface area contributed by atoms with Gasteiger partial charge in [-0.1, -0.05) is 29.5 Å². The molecule has 3 heterocycles. The summed E-state index contributed by atoms with van der Waals surface area (Å²) in [5.74, 6) is 0.910. The molecular formula is C23H20N6O5S. The van der Waals surface area contributed by atoms with E-state index in [1.54, 1.807) is 31.2 Å². The second kappa shape index (κ2) is 10.2. The summed E-state index contributed by atoms with van der Waals surface area (Å²) < 4.78 is 17.4. The predicted molar refractivity (Wildman–Crippen MR) is 127 cm³/mol. The Morgan fingerprint density at radius 1 is 1.31 bits per heavy atom. The molecule has 0 aliphatic rings. The van der Waals surface area contributed by atoms with Crippen molar-refractivity contribution in [2.45, 2.75) is 26.9 Å². The number of carbonyl (C=O) groups excluding carboxylic acids is 1. The van der Waals surface area contributed by atoms with Crippen molar-refractivity contribution >= 4 is 34.1 Å². The fourth-order valence-electron chi connectivity index (χ4n) is 3.08. The van der Waals surface area contributed by atoms with Gasteiger partial charge in [-0.3, -0.25) is 9.59 Å². The average Bonchev–Trinajstić information content (AvgIpc) is 3.47. The van der Waals surface area contributed by atoms with Crippen molar-refractivity contribution in [3.8, 4) is 17.6 Å². The largest absolute Gasteiger partial charge is 0.493 e. The minimum atomic E-state index is -0.623. The molecule has 12 heteroatoms. The maximum Gasteiger partial charge on any atom is 0.275 e. The van der Waals surface area contributed by atoms with Crippen LogP contribution < -0.4 is 20.3 Å². The molecular weight excluding hydrogens is 472 g/mol. The topological polar surface area (TPSA) is 145 Å². The van der Waals surface area contributed by atoms with Crippen molar-refractivity contribution in [2.24, 2.45) is 0 Å². The van der Waals surface area contributed by atoms with Gasteiger partial charge in [0, 0.05) is 12.1 Å². The van der Waals surface area contributed by atoms with Crippen LogP contribution in [0.15, 0.2) is 45.2 Å². The summed E-state index contributed by atoms with van der Waals surface area (Å²) in [4.78, 5) is 29.7. The first kappa shape index (κ1) is 23.7. The lowest BCUT2D eigenvalue weighted by Crippen LogP contribution is -2.16. The van der Waals surface area contributed by atoms with Crippen LogP contribution in [0.1, 0.15) is 28.9 Å². The van der Waals surface area contributed by atoms with Crippen LogP contribution in [0.2, 0.25) is 0 Å². The van der Waals surface area contributed by atoms with Crippen molar-refractivity contribution in [2.75, 3.05) is 12.4 Å². The summed E-state index contributed by atoms with van der Waals surface area (Å²) >= 11 is 1.35. The van der Waals surface area contributed by atoms with E-state index in [9.17, 15) is 14.9 Å². The molecule has 0 saturated carbocycles. The Balaban J connectivity index is 1.51. The fraction of sp³-hybridized carbons (Fsp3) is 0.217. The van der Waals surface area contributed by atoms with E-state index in [0.717, 1.165) is 5.01 Å². The van der Waals surface area contributed by atoms with Crippen LogP contribution in [-0.4, -0.2) is 32.8 Å². The second-order valence-electron chi connectivity index (χ2n) is 7.28. The maximum atomic E-state index is 12.4. The van der Waals surface area contributed by atoms with Crippen LogP contribution in [0.4, 0.5) is 5.82 Å². The molecule has 0 radical (unpaired) electrons. The molecule has 0 aliphatic carbocycles. The van der Waals surface area contributed by atoms with Gasteiger partial charge in [-0.2, -0.15) is 14.9 Å². The van der Waals surface area contributed by atoms with Gasteiger partial charge in [-0.25, -0.2) is 4.98 Å². The van der Waals surface area contributed by atoms with Crippen LogP contribution in [0.3, 0.4) is 0 Å². The van der Waals surface area contributed by atoms with Gasteiger partial charge >= 0.3 is 0 Å². The zero-order valence-corrected chi connectivity index (χ0v) is 19.9. The van der Waals surface area contributed by atoms with Crippen molar-refractivity contribution in [3.63, 3.8) is 0 Å². The summed E-state index contributed by atoms with van der Waals surface area (Å²) in [6.45, 7) is 3.69. The van der Waals surface area contributed by atoms with Crippen molar-refractivity contribution in [3.05, 3.63) is 68.3 Å². The summed E-state index contributed by atoms with van der Waals surface area (Å²) in [7, 11) is 1.47. The number of carbonyl (C=O) groups is 1. The van der Waals surface area contributed by atoms with E-state index in [4.69, 9.17) is 14.0 Å². The van der Waals surface area contributed by atoms with Gasteiger partial charge in [0.05, 0.1) is 12.8 Å². The number of methoxy groups -OCH3 is 1. The third-order valence-corrected chi connectivity index (χ3v) is 5.80. The second-order valence-corrected chi connectivity index (χ2v) is 8.32. The molecule has 0 saturated heterocycles.